The van der Waals surface area contributed by atoms with Crippen molar-refractivity contribution in [1.82, 2.24) is 0 Å². The highest BCUT2D eigenvalue weighted by Gasteiger charge is 2.13. The Kier molecular flexibility index (Phi) is 5.72. The molecule has 3 nitrogen and oxygen atoms in total. The first-order chi connectivity index (χ1) is 6.60. The van der Waals surface area contributed by atoms with Gasteiger partial charge >= 0.3 is 0 Å². The van der Waals surface area contributed by atoms with E-state index in [9.17, 15) is 5.11 Å². The largest absolute Gasteiger partial charge is 0.504 e. The number of aromatic hydroxyl groups is 1. The summed E-state index contributed by atoms with van der Waals surface area (Å²) in [5.74, 6) is 0.453. The molecule has 0 saturated carbocycles. The molecule has 0 spiro atoms. The molecule has 0 fully saturated rings. The highest BCUT2D eigenvalue weighted by Crippen LogP contribution is 2.36. The lowest BCUT2D eigenvalue weighted by Gasteiger charge is -2.12. The fourth-order valence-electron chi connectivity index (χ4n) is 1.13. The molecule has 0 heterocycles. The Bertz CT molecular complexity index is 358. The van der Waals surface area contributed by atoms with Gasteiger partial charge in [0.2, 0.25) is 0 Å². The molecule has 3 N–H and O–H groups in total. The number of phenolic OH excluding ortho intramolecular Hbond substituents is 1. The lowest BCUT2D eigenvalue weighted by atomic mass is 10.1. The molecule has 1 rings (SSSR count). The molecular weight excluding hydrogens is 281 g/mol. The van der Waals surface area contributed by atoms with E-state index in [0.29, 0.717) is 11.3 Å². The van der Waals surface area contributed by atoms with Crippen molar-refractivity contribution in [2.45, 2.75) is 6.04 Å². The van der Waals surface area contributed by atoms with Crippen LogP contribution in [0.5, 0.6) is 11.5 Å². The van der Waals surface area contributed by atoms with Crippen LogP contribution >= 0.6 is 28.3 Å². The zero-order valence-corrected chi connectivity index (χ0v) is 10.6. The highest BCUT2D eigenvalue weighted by atomic mass is 79.9. The number of halogens is 2. The summed E-state index contributed by atoms with van der Waals surface area (Å²) in [6.45, 7) is 3.57. The quantitative estimate of drug-likeness (QED) is 0.843. The summed E-state index contributed by atoms with van der Waals surface area (Å²) in [6.07, 6.45) is 1.56. The van der Waals surface area contributed by atoms with Crippen LogP contribution in [0.15, 0.2) is 29.3 Å². The SMILES string of the molecule is C=C[C@@H](N)c1cc(Br)cc(OC)c1O.Cl. The van der Waals surface area contributed by atoms with Gasteiger partial charge in [-0.25, -0.2) is 0 Å². The van der Waals surface area contributed by atoms with E-state index in [4.69, 9.17) is 10.5 Å². The second kappa shape index (κ2) is 6.00. The van der Waals surface area contributed by atoms with Gasteiger partial charge in [-0.2, -0.15) is 0 Å². The third kappa shape index (κ3) is 3.12. The lowest BCUT2D eigenvalue weighted by molar-refractivity contribution is 0.369. The number of hydrogen-bond acceptors (Lipinski definition) is 3. The summed E-state index contributed by atoms with van der Waals surface area (Å²) in [6, 6.07) is 3.01. The maximum atomic E-state index is 9.74. The van der Waals surface area contributed by atoms with Gasteiger partial charge in [0.05, 0.1) is 13.2 Å². The number of hydrogen-bond donors (Lipinski definition) is 2. The van der Waals surface area contributed by atoms with Crippen molar-refractivity contribution in [3.63, 3.8) is 0 Å². The average molecular weight is 295 g/mol. The first-order valence-corrected chi connectivity index (χ1v) is 4.84. The number of rotatable bonds is 3. The molecule has 0 bridgehead atoms. The van der Waals surface area contributed by atoms with Crippen molar-refractivity contribution >= 4 is 28.3 Å². The van der Waals surface area contributed by atoms with Gasteiger partial charge in [-0.05, 0) is 12.1 Å². The maximum Gasteiger partial charge on any atom is 0.162 e. The topological polar surface area (TPSA) is 55.5 Å². The number of nitrogens with two attached hydrogens (primary N) is 1. The maximum absolute atomic E-state index is 9.74. The minimum Gasteiger partial charge on any atom is -0.504 e. The minimum atomic E-state index is -0.401. The van der Waals surface area contributed by atoms with Crippen LogP contribution in [0, 0.1) is 0 Å². The van der Waals surface area contributed by atoms with Crippen molar-refractivity contribution in [3.05, 3.63) is 34.8 Å². The van der Waals surface area contributed by atoms with Gasteiger partial charge in [0, 0.05) is 10.0 Å². The molecule has 15 heavy (non-hydrogen) atoms. The summed E-state index contributed by atoms with van der Waals surface area (Å²) >= 11 is 3.30. The molecular formula is C10H13BrClNO2. The van der Waals surface area contributed by atoms with Crippen LogP contribution < -0.4 is 10.5 Å². The molecule has 0 aromatic heterocycles. The van der Waals surface area contributed by atoms with Gasteiger partial charge in [0.25, 0.3) is 0 Å². The second-order valence-electron chi connectivity index (χ2n) is 2.81. The van der Waals surface area contributed by atoms with Crippen LogP contribution in [0.4, 0.5) is 0 Å². The Morgan fingerprint density at radius 2 is 2.20 bits per heavy atom. The first kappa shape index (κ1) is 14.3. The van der Waals surface area contributed by atoms with Crippen LogP contribution in [-0.2, 0) is 0 Å². The fraction of sp³-hybridized carbons (Fsp3) is 0.200. The van der Waals surface area contributed by atoms with Crippen LogP contribution in [0.1, 0.15) is 11.6 Å². The summed E-state index contributed by atoms with van der Waals surface area (Å²) < 4.78 is 5.80. The van der Waals surface area contributed by atoms with Gasteiger partial charge in [-0.1, -0.05) is 22.0 Å². The molecule has 0 saturated heterocycles. The number of ether oxygens (including phenoxy) is 1. The molecule has 1 aromatic carbocycles. The van der Waals surface area contributed by atoms with E-state index in [1.165, 1.54) is 7.11 Å². The molecule has 0 aliphatic heterocycles. The second-order valence-corrected chi connectivity index (χ2v) is 3.72. The van der Waals surface area contributed by atoms with E-state index in [2.05, 4.69) is 22.5 Å². The molecule has 1 atom stereocenters. The smallest absolute Gasteiger partial charge is 0.162 e. The summed E-state index contributed by atoms with van der Waals surface area (Å²) in [7, 11) is 1.49. The van der Waals surface area contributed by atoms with Crippen molar-refractivity contribution in [3.8, 4) is 11.5 Å². The van der Waals surface area contributed by atoms with Crippen molar-refractivity contribution in [1.29, 1.82) is 0 Å². The molecule has 0 radical (unpaired) electrons. The van der Waals surface area contributed by atoms with Crippen molar-refractivity contribution in [2.75, 3.05) is 7.11 Å². The molecule has 0 aliphatic carbocycles. The normalized spacial score (nSPS) is 11.4. The van der Waals surface area contributed by atoms with Crippen LogP contribution in [0.25, 0.3) is 0 Å². The average Bonchev–Trinajstić information content (AvgIpc) is 2.19. The zero-order valence-electron chi connectivity index (χ0n) is 8.24. The third-order valence-corrected chi connectivity index (χ3v) is 2.36. The van der Waals surface area contributed by atoms with Crippen molar-refractivity contribution < 1.29 is 9.84 Å². The molecule has 5 heteroatoms. The Morgan fingerprint density at radius 3 is 2.67 bits per heavy atom. The van der Waals surface area contributed by atoms with Gasteiger partial charge in [-0.3, -0.25) is 0 Å². The van der Waals surface area contributed by atoms with E-state index >= 15 is 0 Å². The first-order valence-electron chi connectivity index (χ1n) is 4.04. The van der Waals surface area contributed by atoms with Gasteiger partial charge in [0.15, 0.2) is 11.5 Å². The number of phenols is 1. The monoisotopic (exact) mass is 293 g/mol. The Balaban J connectivity index is 0.00000196. The third-order valence-electron chi connectivity index (χ3n) is 1.90. The molecule has 0 amide bonds. The summed E-state index contributed by atoms with van der Waals surface area (Å²) in [4.78, 5) is 0. The minimum absolute atomic E-state index is 0. The fourth-order valence-corrected chi connectivity index (χ4v) is 1.59. The van der Waals surface area contributed by atoms with E-state index in [1.807, 2.05) is 0 Å². The van der Waals surface area contributed by atoms with E-state index in [-0.39, 0.29) is 18.2 Å². The molecule has 0 unspecified atom stereocenters. The molecule has 84 valence electrons. The zero-order chi connectivity index (χ0) is 10.7. The number of benzene rings is 1. The Labute approximate surface area is 103 Å². The Morgan fingerprint density at radius 1 is 1.60 bits per heavy atom. The van der Waals surface area contributed by atoms with Gasteiger partial charge in [-0.15, -0.1) is 19.0 Å². The highest BCUT2D eigenvalue weighted by molar-refractivity contribution is 9.10. The van der Waals surface area contributed by atoms with Crippen LogP contribution in [-0.4, -0.2) is 12.2 Å². The predicted molar refractivity (Wildman–Crippen MR) is 66.7 cm³/mol. The molecule has 0 aliphatic rings. The van der Waals surface area contributed by atoms with E-state index in [1.54, 1.807) is 18.2 Å². The molecule has 1 aromatic rings. The summed E-state index contributed by atoms with van der Waals surface area (Å²) in [5, 5.41) is 9.74. The number of methoxy groups -OCH3 is 1. The van der Waals surface area contributed by atoms with E-state index in [0.717, 1.165) is 4.47 Å². The Hall–Kier alpha value is -0.710. The lowest BCUT2D eigenvalue weighted by Crippen LogP contribution is -2.07. The predicted octanol–water partition coefficient (Wildman–Crippen LogP) is 2.77. The van der Waals surface area contributed by atoms with Gasteiger partial charge < -0.3 is 15.6 Å². The van der Waals surface area contributed by atoms with Crippen LogP contribution in [0.2, 0.25) is 0 Å². The van der Waals surface area contributed by atoms with Crippen LogP contribution in [0.3, 0.4) is 0 Å². The standard InChI is InChI=1S/C10H12BrNO2.ClH/c1-3-8(12)7-4-6(11)5-9(14-2)10(7)13;/h3-5,8,13H,1,12H2,2H3;1H/t8-;/m1./s1. The summed E-state index contributed by atoms with van der Waals surface area (Å²) in [5.41, 5.74) is 6.32. The van der Waals surface area contributed by atoms with Crippen molar-refractivity contribution in [2.24, 2.45) is 5.73 Å². The van der Waals surface area contributed by atoms with E-state index < -0.39 is 6.04 Å². The van der Waals surface area contributed by atoms with Gasteiger partial charge in [0.1, 0.15) is 0 Å².